The fourth-order valence-electron chi connectivity index (χ4n) is 3.98. The maximum atomic E-state index is 13.9. The zero-order valence-corrected chi connectivity index (χ0v) is 23.5. The Labute approximate surface area is 230 Å². The molecule has 0 fully saturated rings. The molecule has 3 rings (SSSR count). The van der Waals surface area contributed by atoms with Crippen molar-refractivity contribution >= 4 is 27.5 Å². The topological polar surface area (TPSA) is 105 Å². The molecular weight excluding hydrogens is 518 g/mol. The number of nitrogens with one attached hydrogen (secondary N) is 1. The molecule has 1 N–H and O–H groups in total. The highest BCUT2D eigenvalue weighted by Gasteiger charge is 2.33. The van der Waals surface area contributed by atoms with Crippen molar-refractivity contribution in [2.24, 2.45) is 0 Å². The van der Waals surface area contributed by atoms with E-state index in [1.54, 1.807) is 31.2 Å². The molecule has 0 heterocycles. The number of carbonyl (C=O) groups is 2. The molecule has 3 aromatic carbocycles. The van der Waals surface area contributed by atoms with E-state index in [2.05, 4.69) is 5.32 Å². The van der Waals surface area contributed by atoms with Gasteiger partial charge in [-0.3, -0.25) is 13.9 Å². The Morgan fingerprint density at radius 2 is 1.54 bits per heavy atom. The number of hydrogen-bond donors (Lipinski definition) is 1. The number of para-hydroxylation sites is 2. The van der Waals surface area contributed by atoms with Crippen molar-refractivity contribution in [1.82, 2.24) is 10.2 Å². The minimum absolute atomic E-state index is 0.0228. The van der Waals surface area contributed by atoms with Gasteiger partial charge in [-0.25, -0.2) is 8.42 Å². The van der Waals surface area contributed by atoms with E-state index in [0.29, 0.717) is 12.3 Å². The van der Waals surface area contributed by atoms with Crippen LogP contribution in [0.1, 0.15) is 25.8 Å². The van der Waals surface area contributed by atoms with Crippen LogP contribution in [0.2, 0.25) is 0 Å². The van der Waals surface area contributed by atoms with Gasteiger partial charge in [0.05, 0.1) is 24.8 Å². The zero-order valence-electron chi connectivity index (χ0n) is 22.7. The summed E-state index contributed by atoms with van der Waals surface area (Å²) in [7, 11) is -1.30. The fourth-order valence-corrected chi connectivity index (χ4v) is 5.41. The van der Waals surface area contributed by atoms with Crippen LogP contribution in [-0.4, -0.2) is 58.5 Å². The number of rotatable bonds is 13. The lowest BCUT2D eigenvalue weighted by Gasteiger charge is -2.32. The summed E-state index contributed by atoms with van der Waals surface area (Å²) in [6, 6.07) is 20.9. The Hall–Kier alpha value is -4.05. The van der Waals surface area contributed by atoms with Crippen LogP contribution < -0.4 is 19.1 Å². The fraction of sp³-hybridized carbons (Fsp3) is 0.310. The summed E-state index contributed by atoms with van der Waals surface area (Å²) in [5, 5.41) is 2.83. The Kier molecular flexibility index (Phi) is 10.3. The van der Waals surface area contributed by atoms with E-state index in [1.165, 1.54) is 43.4 Å². The van der Waals surface area contributed by atoms with Crippen LogP contribution in [0, 0.1) is 0 Å². The molecule has 10 heteroatoms. The molecule has 3 aromatic rings. The van der Waals surface area contributed by atoms with Gasteiger partial charge >= 0.3 is 0 Å². The van der Waals surface area contributed by atoms with Crippen molar-refractivity contribution in [3.8, 4) is 11.5 Å². The van der Waals surface area contributed by atoms with E-state index in [4.69, 9.17) is 9.47 Å². The van der Waals surface area contributed by atoms with Gasteiger partial charge in [0, 0.05) is 13.1 Å². The van der Waals surface area contributed by atoms with E-state index in [0.717, 1.165) is 16.3 Å². The molecule has 1 atom stereocenters. The van der Waals surface area contributed by atoms with Gasteiger partial charge in [0.2, 0.25) is 11.8 Å². The van der Waals surface area contributed by atoms with E-state index >= 15 is 0 Å². The largest absolute Gasteiger partial charge is 0.497 e. The van der Waals surface area contributed by atoms with Crippen molar-refractivity contribution in [3.05, 3.63) is 84.4 Å². The molecule has 208 valence electrons. The molecule has 9 nitrogen and oxygen atoms in total. The monoisotopic (exact) mass is 553 g/mol. The quantitative estimate of drug-likeness (QED) is 0.345. The molecule has 0 saturated carbocycles. The average molecular weight is 554 g/mol. The first-order chi connectivity index (χ1) is 18.7. The number of sulfonamides is 1. The molecule has 2 amide bonds. The normalized spacial score (nSPS) is 11.8. The second-order valence-electron chi connectivity index (χ2n) is 8.83. The summed E-state index contributed by atoms with van der Waals surface area (Å²) in [5.74, 6) is -0.0791. The Bertz CT molecular complexity index is 1350. The lowest BCUT2D eigenvalue weighted by atomic mass is 10.1. The van der Waals surface area contributed by atoms with Crippen LogP contribution in [0.5, 0.6) is 11.5 Å². The Morgan fingerprint density at radius 1 is 0.897 bits per heavy atom. The first-order valence-corrected chi connectivity index (χ1v) is 14.1. The van der Waals surface area contributed by atoms with Crippen molar-refractivity contribution in [3.63, 3.8) is 0 Å². The molecular formula is C29H35N3O6S. The lowest BCUT2D eigenvalue weighted by Crippen LogP contribution is -2.51. The molecule has 39 heavy (non-hydrogen) atoms. The molecule has 0 radical (unpaired) electrons. The van der Waals surface area contributed by atoms with Gasteiger partial charge in [-0.2, -0.15) is 0 Å². The highest BCUT2D eigenvalue weighted by molar-refractivity contribution is 7.92. The second kappa shape index (κ2) is 13.7. The van der Waals surface area contributed by atoms with Gasteiger partial charge in [0.1, 0.15) is 24.1 Å². The highest BCUT2D eigenvalue weighted by atomic mass is 32.2. The lowest BCUT2D eigenvalue weighted by molar-refractivity contribution is -0.139. The highest BCUT2D eigenvalue weighted by Crippen LogP contribution is 2.33. The third-order valence-corrected chi connectivity index (χ3v) is 7.97. The molecule has 0 unspecified atom stereocenters. The van der Waals surface area contributed by atoms with Crippen molar-refractivity contribution in [1.29, 1.82) is 0 Å². The van der Waals surface area contributed by atoms with Crippen LogP contribution in [0.3, 0.4) is 0 Å². The third kappa shape index (κ3) is 7.29. The SMILES string of the molecule is CCCNC(=O)[C@H](C)N(Cc1ccccc1)C(=O)CN(c1ccccc1OC)S(=O)(=O)c1ccc(OC)cc1. The summed E-state index contributed by atoms with van der Waals surface area (Å²) in [6.07, 6.45) is 0.743. The first-order valence-electron chi connectivity index (χ1n) is 12.6. The van der Waals surface area contributed by atoms with Crippen LogP contribution in [-0.2, 0) is 26.2 Å². The number of amides is 2. The van der Waals surface area contributed by atoms with Crippen molar-refractivity contribution in [2.45, 2.75) is 37.8 Å². The van der Waals surface area contributed by atoms with Gasteiger partial charge in [0.25, 0.3) is 10.0 Å². The standard InChI is InChI=1S/C29H35N3O6S/c1-5-19-30-29(34)22(2)31(20-23-11-7-6-8-12-23)28(33)21-32(26-13-9-10-14-27(26)38-4)39(35,36)25-17-15-24(37-3)16-18-25/h6-18,22H,5,19-21H2,1-4H3,(H,30,34)/t22-/m0/s1. The summed E-state index contributed by atoms with van der Waals surface area (Å²) in [4.78, 5) is 28.2. The second-order valence-corrected chi connectivity index (χ2v) is 10.7. The zero-order chi connectivity index (χ0) is 28.4. The first kappa shape index (κ1) is 29.5. The van der Waals surface area contributed by atoms with Gasteiger partial charge in [-0.05, 0) is 55.3 Å². The minimum atomic E-state index is -4.22. The van der Waals surface area contributed by atoms with Gasteiger partial charge in [-0.1, -0.05) is 49.4 Å². The van der Waals surface area contributed by atoms with E-state index in [-0.39, 0.29) is 28.8 Å². The number of hydrogen-bond acceptors (Lipinski definition) is 6. The van der Waals surface area contributed by atoms with Crippen molar-refractivity contribution < 1.29 is 27.5 Å². The number of anilines is 1. The van der Waals surface area contributed by atoms with E-state index in [1.807, 2.05) is 37.3 Å². The average Bonchev–Trinajstić information content (AvgIpc) is 2.97. The van der Waals surface area contributed by atoms with Crippen LogP contribution in [0.25, 0.3) is 0 Å². The van der Waals surface area contributed by atoms with Crippen LogP contribution in [0.15, 0.2) is 83.8 Å². The van der Waals surface area contributed by atoms with Gasteiger partial charge in [-0.15, -0.1) is 0 Å². The Morgan fingerprint density at radius 3 is 2.15 bits per heavy atom. The molecule has 0 aliphatic carbocycles. The van der Waals surface area contributed by atoms with Gasteiger partial charge < -0.3 is 19.7 Å². The minimum Gasteiger partial charge on any atom is -0.497 e. The third-order valence-electron chi connectivity index (χ3n) is 6.19. The Balaban J connectivity index is 2.04. The number of benzene rings is 3. The predicted molar refractivity (Wildman–Crippen MR) is 150 cm³/mol. The summed E-state index contributed by atoms with van der Waals surface area (Å²) < 4.78 is 39.5. The van der Waals surface area contributed by atoms with E-state index in [9.17, 15) is 18.0 Å². The molecule has 0 bridgehead atoms. The van der Waals surface area contributed by atoms with Crippen LogP contribution in [0.4, 0.5) is 5.69 Å². The predicted octanol–water partition coefficient (Wildman–Crippen LogP) is 3.84. The maximum absolute atomic E-state index is 13.9. The molecule has 0 aromatic heterocycles. The molecule has 0 aliphatic rings. The summed E-state index contributed by atoms with van der Waals surface area (Å²) in [6.45, 7) is 3.62. The molecule has 0 spiro atoms. The number of methoxy groups -OCH3 is 2. The maximum Gasteiger partial charge on any atom is 0.264 e. The molecule has 0 aliphatic heterocycles. The van der Waals surface area contributed by atoms with E-state index < -0.39 is 28.5 Å². The summed E-state index contributed by atoms with van der Waals surface area (Å²) in [5.41, 5.74) is 1.01. The number of carbonyl (C=O) groups excluding carboxylic acids is 2. The smallest absolute Gasteiger partial charge is 0.264 e. The van der Waals surface area contributed by atoms with Crippen LogP contribution >= 0.6 is 0 Å². The van der Waals surface area contributed by atoms with Crippen molar-refractivity contribution in [2.75, 3.05) is 31.6 Å². The number of nitrogens with zero attached hydrogens (tertiary/aromatic N) is 2. The summed E-state index contributed by atoms with van der Waals surface area (Å²) >= 11 is 0. The molecule has 0 saturated heterocycles. The number of ether oxygens (including phenoxy) is 2. The van der Waals surface area contributed by atoms with Gasteiger partial charge in [0.15, 0.2) is 0 Å².